The maximum Gasteiger partial charge on any atom is 0.232 e. The number of nitrogen functional groups attached to an aromatic ring is 1. The number of carbonyl (C=O) groups is 1. The second kappa shape index (κ2) is 7.69. The maximum atomic E-state index is 11.8. The van der Waals surface area contributed by atoms with Gasteiger partial charge in [0.1, 0.15) is 0 Å². The molecule has 2 N–H and O–H groups in total. The molecule has 0 spiro atoms. The Balaban J connectivity index is 2.44. The van der Waals surface area contributed by atoms with Gasteiger partial charge in [0.05, 0.1) is 5.75 Å². The maximum absolute atomic E-state index is 11.8. The van der Waals surface area contributed by atoms with E-state index in [0.717, 1.165) is 29.0 Å². The minimum Gasteiger partial charge on any atom is -0.399 e. The van der Waals surface area contributed by atoms with Crippen molar-refractivity contribution >= 4 is 39.3 Å². The lowest BCUT2D eigenvalue weighted by molar-refractivity contribution is -0.127. The molecule has 0 bridgehead atoms. The Hall–Kier alpha value is -0.680. The second-order valence-electron chi connectivity index (χ2n) is 3.91. The van der Waals surface area contributed by atoms with Crippen LogP contribution in [0.1, 0.15) is 19.4 Å². The van der Waals surface area contributed by atoms with Crippen LogP contribution in [0.5, 0.6) is 0 Å². The number of hydrogen-bond acceptors (Lipinski definition) is 3. The highest BCUT2D eigenvalue weighted by Gasteiger charge is 2.09. The zero-order valence-electron chi connectivity index (χ0n) is 10.8. The summed E-state index contributed by atoms with van der Waals surface area (Å²) >= 11 is 5.11. The Morgan fingerprint density at radius 3 is 2.61 bits per heavy atom. The van der Waals surface area contributed by atoms with Crippen LogP contribution >= 0.6 is 27.7 Å². The minimum absolute atomic E-state index is 0.205. The molecule has 1 rings (SSSR count). The van der Waals surface area contributed by atoms with Gasteiger partial charge in [-0.25, -0.2) is 0 Å². The summed E-state index contributed by atoms with van der Waals surface area (Å²) in [6, 6.07) is 5.77. The number of anilines is 1. The summed E-state index contributed by atoms with van der Waals surface area (Å²) in [6.07, 6.45) is 0. The molecule has 0 radical (unpaired) electrons. The minimum atomic E-state index is 0.205. The molecule has 1 aromatic carbocycles. The first-order valence-electron chi connectivity index (χ1n) is 5.97. The predicted molar refractivity (Wildman–Crippen MR) is 82.6 cm³/mol. The van der Waals surface area contributed by atoms with Crippen LogP contribution in [0.3, 0.4) is 0 Å². The zero-order valence-corrected chi connectivity index (χ0v) is 13.2. The van der Waals surface area contributed by atoms with Crippen molar-refractivity contribution in [3.05, 3.63) is 28.2 Å². The van der Waals surface area contributed by atoms with Gasteiger partial charge in [-0.05, 0) is 31.5 Å². The molecule has 1 amide bonds. The zero-order chi connectivity index (χ0) is 13.5. The van der Waals surface area contributed by atoms with E-state index < -0.39 is 0 Å². The van der Waals surface area contributed by atoms with E-state index in [-0.39, 0.29) is 5.91 Å². The molecule has 0 aliphatic heterocycles. The number of benzene rings is 1. The van der Waals surface area contributed by atoms with Crippen LogP contribution in [0.15, 0.2) is 22.7 Å². The van der Waals surface area contributed by atoms with Crippen molar-refractivity contribution in [3.63, 3.8) is 0 Å². The fourth-order valence-electron chi connectivity index (χ4n) is 1.60. The highest BCUT2D eigenvalue weighted by molar-refractivity contribution is 9.10. The van der Waals surface area contributed by atoms with E-state index in [1.54, 1.807) is 11.8 Å². The number of halogens is 1. The second-order valence-corrected chi connectivity index (χ2v) is 5.75. The molecule has 0 aliphatic carbocycles. The number of thioether (sulfide) groups is 1. The van der Waals surface area contributed by atoms with Gasteiger partial charge in [-0.3, -0.25) is 4.79 Å². The molecule has 0 saturated carbocycles. The summed E-state index contributed by atoms with van der Waals surface area (Å²) in [6.45, 7) is 5.56. The molecule has 100 valence electrons. The molecule has 0 atom stereocenters. The first-order valence-corrected chi connectivity index (χ1v) is 7.92. The summed E-state index contributed by atoms with van der Waals surface area (Å²) in [4.78, 5) is 13.7. The number of nitrogens with zero attached hydrogens (tertiary/aromatic N) is 1. The van der Waals surface area contributed by atoms with Gasteiger partial charge in [0, 0.05) is 29.0 Å². The van der Waals surface area contributed by atoms with Crippen molar-refractivity contribution in [2.24, 2.45) is 0 Å². The summed E-state index contributed by atoms with van der Waals surface area (Å²) < 4.78 is 1.00. The number of hydrogen-bond donors (Lipinski definition) is 1. The number of rotatable bonds is 6. The molecule has 0 unspecified atom stereocenters. The smallest absolute Gasteiger partial charge is 0.232 e. The lowest BCUT2D eigenvalue weighted by atomic mass is 10.2. The molecule has 0 fully saturated rings. The van der Waals surface area contributed by atoms with E-state index in [4.69, 9.17) is 5.73 Å². The molecule has 0 aromatic heterocycles. The monoisotopic (exact) mass is 330 g/mol. The third-order valence-corrected chi connectivity index (χ3v) is 4.38. The highest BCUT2D eigenvalue weighted by atomic mass is 79.9. The molecule has 1 aromatic rings. The van der Waals surface area contributed by atoms with Crippen molar-refractivity contribution in [1.82, 2.24) is 4.90 Å². The van der Waals surface area contributed by atoms with E-state index in [2.05, 4.69) is 15.9 Å². The van der Waals surface area contributed by atoms with Crippen LogP contribution < -0.4 is 5.73 Å². The largest absolute Gasteiger partial charge is 0.399 e. The molecule has 5 heteroatoms. The fourth-order valence-corrected chi connectivity index (χ4v) is 3.25. The molecule has 0 heterocycles. The van der Waals surface area contributed by atoms with E-state index in [0.29, 0.717) is 5.75 Å². The lowest BCUT2D eigenvalue weighted by Gasteiger charge is -2.18. The molecular weight excluding hydrogens is 312 g/mol. The Morgan fingerprint density at radius 2 is 2.06 bits per heavy atom. The normalized spacial score (nSPS) is 10.4. The summed E-state index contributed by atoms with van der Waals surface area (Å²) in [5, 5.41) is 0. The van der Waals surface area contributed by atoms with Crippen molar-refractivity contribution in [2.45, 2.75) is 19.6 Å². The molecule has 0 saturated heterocycles. The first-order chi connectivity index (χ1) is 8.58. The Labute approximate surface area is 121 Å². The van der Waals surface area contributed by atoms with Gasteiger partial charge in [0.15, 0.2) is 0 Å². The quantitative estimate of drug-likeness (QED) is 0.815. The predicted octanol–water partition coefficient (Wildman–Crippen LogP) is 3.13. The molecule has 0 aliphatic rings. The molecule has 3 nitrogen and oxygen atoms in total. The Bertz CT molecular complexity index is 408. The average molecular weight is 331 g/mol. The lowest BCUT2D eigenvalue weighted by Crippen LogP contribution is -2.31. The van der Waals surface area contributed by atoms with Crippen LogP contribution in [0.2, 0.25) is 0 Å². The highest BCUT2D eigenvalue weighted by Crippen LogP contribution is 2.24. The van der Waals surface area contributed by atoms with Gasteiger partial charge in [-0.2, -0.15) is 0 Å². The Morgan fingerprint density at radius 1 is 1.39 bits per heavy atom. The molecule has 18 heavy (non-hydrogen) atoms. The third-order valence-electron chi connectivity index (χ3n) is 2.68. The Kier molecular flexibility index (Phi) is 6.57. The van der Waals surface area contributed by atoms with Crippen LogP contribution in [0.25, 0.3) is 0 Å². The van der Waals surface area contributed by atoms with Gasteiger partial charge in [-0.15, -0.1) is 11.8 Å². The van der Waals surface area contributed by atoms with E-state index in [1.165, 1.54) is 5.56 Å². The van der Waals surface area contributed by atoms with Gasteiger partial charge in [0.2, 0.25) is 5.91 Å². The number of carbonyl (C=O) groups excluding carboxylic acids is 1. The summed E-state index contributed by atoms with van der Waals surface area (Å²) in [7, 11) is 0. The van der Waals surface area contributed by atoms with Gasteiger partial charge in [0.25, 0.3) is 0 Å². The first kappa shape index (κ1) is 15.4. The van der Waals surface area contributed by atoms with Crippen molar-refractivity contribution in [2.75, 3.05) is 24.6 Å². The van der Waals surface area contributed by atoms with Crippen LogP contribution in [-0.4, -0.2) is 29.6 Å². The standard InChI is InChI=1S/C13H19BrN2OS/c1-3-16(4-2)13(17)9-18-8-10-5-6-11(15)7-12(10)14/h5-7H,3-4,8-9,15H2,1-2H3. The topological polar surface area (TPSA) is 46.3 Å². The average Bonchev–Trinajstić information content (AvgIpc) is 2.33. The van der Waals surface area contributed by atoms with E-state index in [1.807, 2.05) is 36.9 Å². The van der Waals surface area contributed by atoms with Crippen LogP contribution in [0.4, 0.5) is 5.69 Å². The summed E-state index contributed by atoms with van der Waals surface area (Å²) in [5.74, 6) is 1.54. The van der Waals surface area contributed by atoms with Gasteiger partial charge in [-0.1, -0.05) is 22.0 Å². The molecular formula is C13H19BrN2OS. The van der Waals surface area contributed by atoms with Gasteiger partial charge < -0.3 is 10.6 Å². The third kappa shape index (κ3) is 4.53. The van der Waals surface area contributed by atoms with Crippen LogP contribution in [0, 0.1) is 0 Å². The van der Waals surface area contributed by atoms with Crippen molar-refractivity contribution < 1.29 is 4.79 Å². The van der Waals surface area contributed by atoms with E-state index in [9.17, 15) is 4.79 Å². The number of nitrogens with two attached hydrogens (primary N) is 1. The fraction of sp³-hybridized carbons (Fsp3) is 0.462. The van der Waals surface area contributed by atoms with E-state index >= 15 is 0 Å². The van der Waals surface area contributed by atoms with Crippen molar-refractivity contribution in [3.8, 4) is 0 Å². The SMILES string of the molecule is CCN(CC)C(=O)CSCc1ccc(N)cc1Br. The van der Waals surface area contributed by atoms with Gasteiger partial charge >= 0.3 is 0 Å². The van der Waals surface area contributed by atoms with Crippen molar-refractivity contribution in [1.29, 1.82) is 0 Å². The number of amides is 1. The summed E-state index contributed by atoms with van der Waals surface area (Å²) in [5.41, 5.74) is 7.60. The van der Waals surface area contributed by atoms with Crippen LogP contribution in [-0.2, 0) is 10.5 Å².